The van der Waals surface area contributed by atoms with E-state index in [-0.39, 0.29) is 16.8 Å². The molecule has 2 aromatic rings. The van der Waals surface area contributed by atoms with Gasteiger partial charge in [-0.2, -0.15) is 0 Å². The van der Waals surface area contributed by atoms with Crippen LogP contribution >= 0.6 is 0 Å². The van der Waals surface area contributed by atoms with Gasteiger partial charge in [0.2, 0.25) is 5.56 Å². The number of carbonyl (C=O) groups is 2. The van der Waals surface area contributed by atoms with Crippen molar-refractivity contribution in [2.45, 2.75) is 26.7 Å². The number of hydrogen-bond donors (Lipinski definition) is 1. The van der Waals surface area contributed by atoms with E-state index in [1.54, 1.807) is 19.9 Å². The number of nitrogens with one attached hydrogen (secondary N) is 1. The molecule has 28 heavy (non-hydrogen) atoms. The molecule has 1 aliphatic rings. The second-order valence-electron chi connectivity index (χ2n) is 6.61. The minimum Gasteiger partial charge on any atom is -0.452 e. The molecule has 1 amide bonds. The molecule has 0 bridgehead atoms. The van der Waals surface area contributed by atoms with Gasteiger partial charge in [-0.05, 0) is 43.9 Å². The summed E-state index contributed by atoms with van der Waals surface area (Å²) in [6.07, 6.45) is 1.29. The first-order valence-corrected chi connectivity index (χ1v) is 8.73. The van der Waals surface area contributed by atoms with E-state index >= 15 is 0 Å². The molecule has 3 rings (SSSR count). The number of H-pyrrole nitrogens is 1. The first-order chi connectivity index (χ1) is 13.3. The number of esters is 1. The van der Waals surface area contributed by atoms with Crippen molar-refractivity contribution in [3.63, 3.8) is 0 Å². The third-order valence-corrected chi connectivity index (χ3v) is 4.65. The first-order valence-electron chi connectivity index (χ1n) is 8.73. The molecular weight excluding hydrogens is 366 g/mol. The molecule has 9 nitrogen and oxygen atoms in total. The zero-order chi connectivity index (χ0) is 20.4. The first kappa shape index (κ1) is 19.3. The maximum atomic E-state index is 12.6. The summed E-state index contributed by atoms with van der Waals surface area (Å²) in [6.45, 7) is 3.18. The Morgan fingerprint density at radius 2 is 2.04 bits per heavy atom. The third kappa shape index (κ3) is 3.78. The smallest absolute Gasteiger partial charge is 0.340 e. The molecule has 0 saturated heterocycles. The van der Waals surface area contributed by atoms with Gasteiger partial charge in [-0.25, -0.2) is 4.79 Å². The standard InChI is InChI=1S/C19H19N3O6/c1-11-8-16(23)20-12(2)18(11)19(25)28-10-17(24)21-7-3-4-13-9-14(22(26)27)5-6-15(13)21/h5-6,8-9H,3-4,7,10H2,1-2H3,(H,20,23). The van der Waals surface area contributed by atoms with Gasteiger partial charge in [0.1, 0.15) is 0 Å². The minimum absolute atomic E-state index is 0.0245. The van der Waals surface area contributed by atoms with Crippen molar-refractivity contribution in [3.8, 4) is 0 Å². The predicted molar refractivity (Wildman–Crippen MR) is 101 cm³/mol. The molecule has 146 valence electrons. The van der Waals surface area contributed by atoms with Gasteiger partial charge in [-0.15, -0.1) is 0 Å². The topological polar surface area (TPSA) is 123 Å². The van der Waals surface area contributed by atoms with Crippen LogP contribution in [0.4, 0.5) is 11.4 Å². The molecule has 2 heterocycles. The van der Waals surface area contributed by atoms with E-state index < -0.39 is 23.4 Å². The van der Waals surface area contributed by atoms with Crippen LogP contribution < -0.4 is 10.5 Å². The lowest BCUT2D eigenvalue weighted by Gasteiger charge is -2.29. The van der Waals surface area contributed by atoms with E-state index in [1.165, 1.54) is 23.1 Å². The fraction of sp³-hybridized carbons (Fsp3) is 0.316. The fourth-order valence-electron chi connectivity index (χ4n) is 3.40. The van der Waals surface area contributed by atoms with Crippen LogP contribution in [0.1, 0.15) is 33.6 Å². The number of pyridine rings is 1. The molecule has 9 heteroatoms. The summed E-state index contributed by atoms with van der Waals surface area (Å²) >= 11 is 0. The highest BCUT2D eigenvalue weighted by Crippen LogP contribution is 2.30. The van der Waals surface area contributed by atoms with Gasteiger partial charge in [0, 0.05) is 36.1 Å². The van der Waals surface area contributed by atoms with Crippen LogP contribution in [0.15, 0.2) is 29.1 Å². The van der Waals surface area contributed by atoms with Gasteiger partial charge in [0.25, 0.3) is 11.6 Å². The maximum Gasteiger partial charge on any atom is 0.340 e. The van der Waals surface area contributed by atoms with Crippen LogP contribution in [0.25, 0.3) is 0 Å². The Hall–Kier alpha value is -3.49. The number of amides is 1. The van der Waals surface area contributed by atoms with Crippen LogP contribution in [0.5, 0.6) is 0 Å². The van der Waals surface area contributed by atoms with Crippen LogP contribution in [0.2, 0.25) is 0 Å². The van der Waals surface area contributed by atoms with E-state index in [1.807, 2.05) is 0 Å². The fourth-order valence-corrected chi connectivity index (χ4v) is 3.40. The monoisotopic (exact) mass is 385 g/mol. The SMILES string of the molecule is Cc1cc(=O)[nH]c(C)c1C(=O)OCC(=O)N1CCCc2cc([N+](=O)[O-])ccc21. The van der Waals surface area contributed by atoms with Gasteiger partial charge in [0.05, 0.1) is 10.5 Å². The second kappa shape index (κ2) is 7.63. The molecule has 0 spiro atoms. The molecule has 0 fully saturated rings. The predicted octanol–water partition coefficient (Wildman–Crippen LogP) is 2.04. The molecular formula is C19H19N3O6. The van der Waals surface area contributed by atoms with Crippen LogP contribution in [-0.4, -0.2) is 34.9 Å². The number of ether oxygens (including phenoxy) is 1. The molecule has 0 atom stereocenters. The Balaban J connectivity index is 1.74. The normalized spacial score (nSPS) is 13.0. The summed E-state index contributed by atoms with van der Waals surface area (Å²) in [6, 6.07) is 5.65. The average molecular weight is 385 g/mol. The number of benzene rings is 1. The Kier molecular flexibility index (Phi) is 5.25. The summed E-state index contributed by atoms with van der Waals surface area (Å²) in [7, 11) is 0. The van der Waals surface area contributed by atoms with Gasteiger partial charge in [0.15, 0.2) is 6.61 Å². The number of aryl methyl sites for hydroxylation is 3. The van der Waals surface area contributed by atoms with Gasteiger partial charge < -0.3 is 14.6 Å². The van der Waals surface area contributed by atoms with Gasteiger partial charge in [-0.1, -0.05) is 0 Å². The van der Waals surface area contributed by atoms with Crippen molar-refractivity contribution in [3.05, 3.63) is 67.1 Å². The highest BCUT2D eigenvalue weighted by atomic mass is 16.6. The molecule has 0 radical (unpaired) electrons. The molecule has 0 saturated carbocycles. The molecule has 1 aromatic carbocycles. The van der Waals surface area contributed by atoms with Gasteiger partial charge in [-0.3, -0.25) is 19.7 Å². The quantitative estimate of drug-likeness (QED) is 0.488. The zero-order valence-corrected chi connectivity index (χ0v) is 15.5. The third-order valence-electron chi connectivity index (χ3n) is 4.65. The number of fused-ring (bicyclic) bond motifs is 1. The van der Waals surface area contributed by atoms with E-state index in [0.29, 0.717) is 41.9 Å². The minimum atomic E-state index is -0.694. The Labute approximate surface area is 160 Å². The Morgan fingerprint density at radius 3 is 2.71 bits per heavy atom. The Bertz CT molecular complexity index is 1000. The zero-order valence-electron chi connectivity index (χ0n) is 15.5. The maximum absolute atomic E-state index is 12.6. The molecule has 0 aliphatic carbocycles. The highest BCUT2D eigenvalue weighted by molar-refractivity contribution is 5.98. The Morgan fingerprint density at radius 1 is 1.29 bits per heavy atom. The number of nitrogens with zero attached hydrogens (tertiary/aromatic N) is 2. The number of nitro benzene ring substituents is 1. The number of rotatable bonds is 4. The van der Waals surface area contributed by atoms with Crippen molar-refractivity contribution < 1.29 is 19.2 Å². The molecule has 1 aliphatic heterocycles. The van der Waals surface area contributed by atoms with Crippen molar-refractivity contribution in [2.24, 2.45) is 0 Å². The lowest BCUT2D eigenvalue weighted by Crippen LogP contribution is -2.38. The summed E-state index contributed by atoms with van der Waals surface area (Å²) in [5, 5.41) is 10.9. The van der Waals surface area contributed by atoms with Crippen LogP contribution in [0, 0.1) is 24.0 Å². The van der Waals surface area contributed by atoms with Crippen molar-refractivity contribution in [2.75, 3.05) is 18.1 Å². The lowest BCUT2D eigenvalue weighted by atomic mass is 10.0. The summed E-state index contributed by atoms with van der Waals surface area (Å²) in [5.41, 5.74) is 2.03. The summed E-state index contributed by atoms with van der Waals surface area (Å²) in [5.74, 6) is -1.11. The van der Waals surface area contributed by atoms with Crippen LogP contribution in [0.3, 0.4) is 0 Å². The second-order valence-corrected chi connectivity index (χ2v) is 6.61. The summed E-state index contributed by atoms with van der Waals surface area (Å²) in [4.78, 5) is 50.9. The van der Waals surface area contributed by atoms with Crippen molar-refractivity contribution >= 4 is 23.3 Å². The van der Waals surface area contributed by atoms with E-state index in [4.69, 9.17) is 4.74 Å². The van der Waals surface area contributed by atoms with Gasteiger partial charge >= 0.3 is 5.97 Å². The number of nitro groups is 1. The van der Waals surface area contributed by atoms with E-state index in [9.17, 15) is 24.5 Å². The largest absolute Gasteiger partial charge is 0.452 e. The number of aromatic nitrogens is 1. The molecule has 1 aromatic heterocycles. The lowest BCUT2D eigenvalue weighted by molar-refractivity contribution is -0.384. The number of carbonyl (C=O) groups excluding carboxylic acids is 2. The van der Waals surface area contributed by atoms with E-state index in [0.717, 1.165) is 0 Å². The number of anilines is 1. The number of non-ortho nitro benzene ring substituents is 1. The highest BCUT2D eigenvalue weighted by Gasteiger charge is 2.26. The van der Waals surface area contributed by atoms with Crippen molar-refractivity contribution in [1.82, 2.24) is 4.98 Å². The molecule has 1 N–H and O–H groups in total. The molecule has 0 unspecified atom stereocenters. The summed E-state index contributed by atoms with van der Waals surface area (Å²) < 4.78 is 5.16. The van der Waals surface area contributed by atoms with Crippen molar-refractivity contribution in [1.29, 1.82) is 0 Å². The van der Waals surface area contributed by atoms with Crippen LogP contribution in [-0.2, 0) is 16.0 Å². The number of hydrogen-bond acceptors (Lipinski definition) is 6. The number of aromatic amines is 1. The van der Waals surface area contributed by atoms with E-state index in [2.05, 4.69) is 4.98 Å². The average Bonchev–Trinajstić information content (AvgIpc) is 2.64.